The monoisotopic (exact) mass is 431 g/mol. The first-order chi connectivity index (χ1) is 12.7. The van der Waals surface area contributed by atoms with Gasteiger partial charge >= 0.3 is 0 Å². The maximum absolute atomic E-state index is 14.3. The molecule has 0 aliphatic heterocycles. The normalized spacial score (nSPS) is 11.5. The third kappa shape index (κ3) is 6.05. The molecule has 0 fully saturated rings. The Hall–Kier alpha value is -2.42. The zero-order valence-electron chi connectivity index (χ0n) is 15.1. The zero-order chi connectivity index (χ0) is 20.1. The molecular weight excluding hydrogens is 412 g/mol. The van der Waals surface area contributed by atoms with Gasteiger partial charge in [-0.25, -0.2) is 4.39 Å². The van der Waals surface area contributed by atoms with Gasteiger partial charge in [0.25, 0.3) is 5.69 Å². The molecule has 1 atom stereocenters. The van der Waals surface area contributed by atoms with Gasteiger partial charge in [-0.3, -0.25) is 14.9 Å². The molecule has 2 rings (SSSR count). The fourth-order valence-corrected chi connectivity index (χ4v) is 2.36. The van der Waals surface area contributed by atoms with Gasteiger partial charge in [-0.05, 0) is 29.7 Å². The van der Waals surface area contributed by atoms with Crippen LogP contribution in [0.2, 0.25) is 5.02 Å². The van der Waals surface area contributed by atoms with E-state index >= 15 is 0 Å². The molecule has 28 heavy (non-hydrogen) atoms. The van der Waals surface area contributed by atoms with Crippen molar-refractivity contribution in [2.24, 2.45) is 11.7 Å². The lowest BCUT2D eigenvalue weighted by atomic mass is 10.0. The molecule has 0 saturated heterocycles. The average molecular weight is 432 g/mol. The number of nitro groups is 1. The summed E-state index contributed by atoms with van der Waals surface area (Å²) in [6.07, 6.45) is 0. The van der Waals surface area contributed by atoms with E-state index in [0.717, 1.165) is 6.07 Å². The summed E-state index contributed by atoms with van der Waals surface area (Å²) in [5.41, 5.74) is 6.08. The van der Waals surface area contributed by atoms with Crippen molar-refractivity contribution in [1.29, 1.82) is 0 Å². The van der Waals surface area contributed by atoms with Crippen LogP contribution >= 0.6 is 24.0 Å². The third-order valence-electron chi connectivity index (χ3n) is 3.83. The highest BCUT2D eigenvalue weighted by atomic mass is 35.5. The Kier molecular flexibility index (Phi) is 8.62. The van der Waals surface area contributed by atoms with Gasteiger partial charge in [-0.15, -0.1) is 12.4 Å². The number of nitrogens with two attached hydrogens (primary N) is 1. The molecule has 3 N–H and O–H groups in total. The van der Waals surface area contributed by atoms with E-state index in [1.54, 1.807) is 6.07 Å². The van der Waals surface area contributed by atoms with Crippen LogP contribution < -0.4 is 15.8 Å². The summed E-state index contributed by atoms with van der Waals surface area (Å²) in [5, 5.41) is 13.3. The van der Waals surface area contributed by atoms with E-state index in [2.05, 4.69) is 5.32 Å². The first-order valence-electron chi connectivity index (χ1n) is 8.12. The van der Waals surface area contributed by atoms with E-state index in [1.165, 1.54) is 24.3 Å². The van der Waals surface area contributed by atoms with Crippen LogP contribution in [0, 0.1) is 21.8 Å². The summed E-state index contributed by atoms with van der Waals surface area (Å²) in [5.74, 6) is -0.999. The lowest BCUT2D eigenvalue weighted by molar-refractivity contribution is -0.384. The fraction of sp³-hybridized carbons (Fsp3) is 0.278. The Morgan fingerprint density at radius 1 is 1.29 bits per heavy atom. The topological polar surface area (TPSA) is 107 Å². The van der Waals surface area contributed by atoms with E-state index in [9.17, 15) is 19.3 Å². The van der Waals surface area contributed by atoms with Crippen LogP contribution in [-0.2, 0) is 11.3 Å². The largest absolute Gasteiger partial charge is 0.453 e. The van der Waals surface area contributed by atoms with Gasteiger partial charge in [-0.1, -0.05) is 31.5 Å². The molecule has 0 bridgehead atoms. The molecule has 7 nitrogen and oxygen atoms in total. The Morgan fingerprint density at radius 3 is 2.46 bits per heavy atom. The van der Waals surface area contributed by atoms with Crippen molar-refractivity contribution in [2.45, 2.75) is 26.4 Å². The number of halogens is 3. The number of nitro benzene ring substituents is 1. The van der Waals surface area contributed by atoms with Crippen molar-refractivity contribution in [3.63, 3.8) is 0 Å². The molecule has 2 aromatic rings. The van der Waals surface area contributed by atoms with Gasteiger partial charge in [0.15, 0.2) is 11.6 Å². The first kappa shape index (κ1) is 23.6. The SMILES string of the molecule is CC(C)[C@H](N)C(=O)NCc1ccc(Oc2ccc([N+](=O)[O-])cc2Cl)c(F)c1.Cl. The van der Waals surface area contributed by atoms with Crippen molar-refractivity contribution >= 4 is 35.6 Å². The predicted octanol–water partition coefficient (Wildman–Crippen LogP) is 4.20. The quantitative estimate of drug-likeness (QED) is 0.504. The van der Waals surface area contributed by atoms with Crippen LogP contribution in [0.15, 0.2) is 36.4 Å². The second kappa shape index (κ2) is 10.2. The number of rotatable bonds is 7. The molecule has 0 aromatic heterocycles. The second-order valence-corrected chi connectivity index (χ2v) is 6.63. The Morgan fingerprint density at radius 2 is 1.93 bits per heavy atom. The number of hydrogen-bond acceptors (Lipinski definition) is 5. The molecule has 1 amide bonds. The van der Waals surface area contributed by atoms with Crippen LogP contribution in [0.3, 0.4) is 0 Å². The number of carbonyl (C=O) groups is 1. The third-order valence-corrected chi connectivity index (χ3v) is 4.13. The van der Waals surface area contributed by atoms with Gasteiger partial charge in [-0.2, -0.15) is 0 Å². The van der Waals surface area contributed by atoms with Crippen molar-refractivity contribution in [3.05, 3.63) is 62.9 Å². The molecule has 0 radical (unpaired) electrons. The summed E-state index contributed by atoms with van der Waals surface area (Å²) in [6.45, 7) is 3.79. The highest BCUT2D eigenvalue weighted by Crippen LogP contribution is 2.33. The number of amides is 1. The molecule has 2 aromatic carbocycles. The molecule has 0 spiro atoms. The van der Waals surface area contributed by atoms with Crippen molar-refractivity contribution in [3.8, 4) is 11.5 Å². The first-order valence-corrected chi connectivity index (χ1v) is 8.50. The van der Waals surface area contributed by atoms with Gasteiger partial charge in [0.05, 0.1) is 16.0 Å². The number of nitrogens with one attached hydrogen (secondary N) is 1. The molecule has 0 heterocycles. The maximum Gasteiger partial charge on any atom is 0.271 e. The minimum Gasteiger partial charge on any atom is -0.453 e. The van der Waals surface area contributed by atoms with Crippen molar-refractivity contribution in [2.75, 3.05) is 0 Å². The molecular formula is C18H20Cl2FN3O4. The van der Waals surface area contributed by atoms with Crippen LogP contribution in [-0.4, -0.2) is 16.9 Å². The summed E-state index contributed by atoms with van der Waals surface area (Å²) in [7, 11) is 0. The summed E-state index contributed by atoms with van der Waals surface area (Å²) in [4.78, 5) is 22.0. The van der Waals surface area contributed by atoms with E-state index in [1.807, 2.05) is 13.8 Å². The van der Waals surface area contributed by atoms with E-state index in [-0.39, 0.29) is 53.0 Å². The van der Waals surface area contributed by atoms with Gasteiger partial charge < -0.3 is 15.8 Å². The van der Waals surface area contributed by atoms with Gasteiger partial charge in [0, 0.05) is 18.7 Å². The molecule has 0 aliphatic carbocycles. The van der Waals surface area contributed by atoms with Crippen LogP contribution in [0.4, 0.5) is 10.1 Å². The van der Waals surface area contributed by atoms with Crippen LogP contribution in [0.25, 0.3) is 0 Å². The smallest absolute Gasteiger partial charge is 0.271 e. The Labute approximate surface area is 172 Å². The van der Waals surface area contributed by atoms with E-state index in [0.29, 0.717) is 5.56 Å². The molecule has 152 valence electrons. The Balaban J connectivity index is 0.00000392. The maximum atomic E-state index is 14.3. The van der Waals surface area contributed by atoms with Crippen molar-refractivity contribution in [1.82, 2.24) is 5.32 Å². The summed E-state index contributed by atoms with van der Waals surface area (Å²) >= 11 is 5.94. The van der Waals surface area contributed by atoms with E-state index in [4.69, 9.17) is 22.1 Å². The van der Waals surface area contributed by atoms with Crippen LogP contribution in [0.1, 0.15) is 19.4 Å². The molecule has 0 unspecified atom stereocenters. The number of ether oxygens (including phenoxy) is 1. The second-order valence-electron chi connectivity index (χ2n) is 6.23. The predicted molar refractivity (Wildman–Crippen MR) is 106 cm³/mol. The Bertz CT molecular complexity index is 865. The number of non-ortho nitro benzene ring substituents is 1. The fourth-order valence-electron chi connectivity index (χ4n) is 2.15. The highest BCUT2D eigenvalue weighted by Gasteiger charge is 2.17. The van der Waals surface area contributed by atoms with E-state index < -0.39 is 16.8 Å². The zero-order valence-corrected chi connectivity index (χ0v) is 16.7. The summed E-state index contributed by atoms with van der Waals surface area (Å²) < 4.78 is 19.7. The van der Waals surface area contributed by atoms with Crippen LogP contribution in [0.5, 0.6) is 11.5 Å². The molecule has 10 heteroatoms. The van der Waals surface area contributed by atoms with Gasteiger partial charge in [0.2, 0.25) is 5.91 Å². The minimum atomic E-state index is -0.663. The number of benzene rings is 2. The number of nitrogens with zero attached hydrogens (tertiary/aromatic N) is 1. The number of hydrogen-bond donors (Lipinski definition) is 2. The molecule has 0 saturated carbocycles. The lowest BCUT2D eigenvalue weighted by Crippen LogP contribution is -2.43. The minimum absolute atomic E-state index is 0. The highest BCUT2D eigenvalue weighted by molar-refractivity contribution is 6.32. The van der Waals surface area contributed by atoms with Crippen molar-refractivity contribution < 1.29 is 18.8 Å². The summed E-state index contributed by atoms with van der Waals surface area (Å²) in [6, 6.07) is 7.17. The van der Waals surface area contributed by atoms with Gasteiger partial charge in [0.1, 0.15) is 5.75 Å². The number of carbonyl (C=O) groups excluding carboxylic acids is 1. The average Bonchev–Trinajstić information content (AvgIpc) is 2.62. The standard InChI is InChI=1S/C18H19ClFN3O4.ClH/c1-10(2)17(21)18(24)22-9-11-3-5-16(14(20)7-11)27-15-6-4-12(23(25)26)8-13(15)19;/h3-8,10,17H,9,21H2,1-2H3,(H,22,24);1H/t17-;/m0./s1. The lowest BCUT2D eigenvalue weighted by Gasteiger charge is -2.15. The molecule has 0 aliphatic rings.